The molecule has 0 bridgehead atoms. The lowest BCUT2D eigenvalue weighted by atomic mass is 9.98. The average Bonchev–Trinajstić information content (AvgIpc) is 3.18. The Morgan fingerprint density at radius 1 is 1.15 bits per heavy atom. The standard InChI is InChI=1S/C20H18FNO4/c1-24-17(25-2)8-11-3-5-14-12(7-11)10-26-19(14)18-15-9-13(21)4-6-16(15)22-20(18)23/h3-7,9,17H,8,10H2,1-2H3,(H,22,23). The number of benzene rings is 2. The Hall–Kier alpha value is -2.70. The topological polar surface area (TPSA) is 56.8 Å². The van der Waals surface area contributed by atoms with E-state index in [0.717, 1.165) is 16.7 Å². The zero-order valence-corrected chi connectivity index (χ0v) is 14.5. The Balaban J connectivity index is 1.74. The van der Waals surface area contributed by atoms with Crippen LogP contribution in [-0.4, -0.2) is 26.4 Å². The number of amides is 1. The molecule has 0 saturated heterocycles. The first kappa shape index (κ1) is 16.8. The Morgan fingerprint density at radius 3 is 2.73 bits per heavy atom. The van der Waals surface area contributed by atoms with Gasteiger partial charge in [0.05, 0.1) is 5.57 Å². The number of methoxy groups -OCH3 is 2. The second-order valence-electron chi connectivity index (χ2n) is 6.23. The summed E-state index contributed by atoms with van der Waals surface area (Å²) in [6, 6.07) is 10.1. The van der Waals surface area contributed by atoms with Crippen LogP contribution in [0.2, 0.25) is 0 Å². The molecule has 1 N–H and O–H groups in total. The van der Waals surface area contributed by atoms with Crippen LogP contribution in [0.15, 0.2) is 36.4 Å². The number of ether oxygens (including phenoxy) is 3. The molecular formula is C20H18FNO4. The SMILES string of the molecule is COC(Cc1ccc2c(c1)COC2=C1C(=O)Nc2ccc(F)cc21)OC. The molecule has 0 radical (unpaired) electrons. The summed E-state index contributed by atoms with van der Waals surface area (Å²) in [6.07, 6.45) is 0.296. The van der Waals surface area contributed by atoms with Gasteiger partial charge in [-0.2, -0.15) is 0 Å². The molecule has 4 rings (SSSR count). The number of anilines is 1. The van der Waals surface area contributed by atoms with Gasteiger partial charge < -0.3 is 19.5 Å². The van der Waals surface area contributed by atoms with Crippen LogP contribution in [0, 0.1) is 5.82 Å². The van der Waals surface area contributed by atoms with Gasteiger partial charge >= 0.3 is 0 Å². The molecule has 2 aromatic carbocycles. The maximum absolute atomic E-state index is 13.7. The Morgan fingerprint density at radius 2 is 1.96 bits per heavy atom. The van der Waals surface area contributed by atoms with E-state index in [1.165, 1.54) is 12.1 Å². The molecule has 0 aliphatic carbocycles. The van der Waals surface area contributed by atoms with E-state index in [-0.39, 0.29) is 12.2 Å². The zero-order valence-electron chi connectivity index (χ0n) is 14.5. The van der Waals surface area contributed by atoms with Crippen molar-refractivity contribution >= 4 is 22.9 Å². The molecular weight excluding hydrogens is 337 g/mol. The molecule has 6 heteroatoms. The molecule has 2 heterocycles. The third-order valence-electron chi connectivity index (χ3n) is 4.67. The maximum atomic E-state index is 13.7. The van der Waals surface area contributed by atoms with Gasteiger partial charge in [-0.25, -0.2) is 4.39 Å². The molecule has 26 heavy (non-hydrogen) atoms. The minimum Gasteiger partial charge on any atom is -0.487 e. The molecule has 0 unspecified atom stereocenters. The number of rotatable bonds is 4. The van der Waals surface area contributed by atoms with E-state index in [1.54, 1.807) is 20.3 Å². The van der Waals surface area contributed by atoms with E-state index < -0.39 is 5.82 Å². The van der Waals surface area contributed by atoms with E-state index in [0.29, 0.717) is 35.6 Å². The lowest BCUT2D eigenvalue weighted by molar-refractivity contribution is -0.110. The predicted octanol–water partition coefficient (Wildman–Crippen LogP) is 3.34. The highest BCUT2D eigenvalue weighted by atomic mass is 19.1. The van der Waals surface area contributed by atoms with Crippen LogP contribution in [0.25, 0.3) is 11.3 Å². The van der Waals surface area contributed by atoms with Crippen molar-refractivity contribution in [1.82, 2.24) is 0 Å². The molecule has 0 spiro atoms. The second kappa shape index (κ2) is 6.55. The number of carbonyl (C=O) groups excluding carboxylic acids is 1. The van der Waals surface area contributed by atoms with Crippen molar-refractivity contribution in [3.8, 4) is 0 Å². The minimum absolute atomic E-state index is 0.281. The quantitative estimate of drug-likeness (QED) is 0.675. The average molecular weight is 355 g/mol. The van der Waals surface area contributed by atoms with Gasteiger partial charge in [0.25, 0.3) is 5.91 Å². The number of halogens is 1. The van der Waals surface area contributed by atoms with Crippen LogP contribution in [0.5, 0.6) is 0 Å². The maximum Gasteiger partial charge on any atom is 0.260 e. The zero-order chi connectivity index (χ0) is 18.3. The van der Waals surface area contributed by atoms with Crippen LogP contribution in [-0.2, 0) is 32.0 Å². The van der Waals surface area contributed by atoms with Gasteiger partial charge in [-0.1, -0.05) is 18.2 Å². The number of carbonyl (C=O) groups is 1. The molecule has 5 nitrogen and oxygen atoms in total. The summed E-state index contributed by atoms with van der Waals surface area (Å²) in [6.45, 7) is 0.366. The number of hydrogen-bond acceptors (Lipinski definition) is 4. The van der Waals surface area contributed by atoms with E-state index in [4.69, 9.17) is 14.2 Å². The summed E-state index contributed by atoms with van der Waals surface area (Å²) in [7, 11) is 3.20. The smallest absolute Gasteiger partial charge is 0.260 e. The lowest BCUT2D eigenvalue weighted by Crippen LogP contribution is -2.16. The van der Waals surface area contributed by atoms with Crippen molar-refractivity contribution in [1.29, 1.82) is 0 Å². The monoisotopic (exact) mass is 355 g/mol. The van der Waals surface area contributed by atoms with E-state index in [9.17, 15) is 9.18 Å². The van der Waals surface area contributed by atoms with E-state index in [1.807, 2.05) is 18.2 Å². The van der Waals surface area contributed by atoms with Gasteiger partial charge in [-0.3, -0.25) is 4.79 Å². The summed E-state index contributed by atoms with van der Waals surface area (Å²) in [5.41, 5.74) is 4.37. The normalized spacial score (nSPS) is 17.9. The van der Waals surface area contributed by atoms with Crippen molar-refractivity contribution in [2.45, 2.75) is 19.3 Å². The fourth-order valence-electron chi connectivity index (χ4n) is 3.37. The Labute approximate surface area is 150 Å². The first-order valence-electron chi connectivity index (χ1n) is 8.27. The van der Waals surface area contributed by atoms with Crippen molar-refractivity contribution < 1.29 is 23.4 Å². The van der Waals surface area contributed by atoms with Crippen LogP contribution >= 0.6 is 0 Å². The van der Waals surface area contributed by atoms with Crippen molar-refractivity contribution in [2.24, 2.45) is 0 Å². The molecule has 2 aliphatic rings. The summed E-state index contributed by atoms with van der Waals surface area (Å²) < 4.78 is 30.0. The van der Waals surface area contributed by atoms with Gasteiger partial charge in [-0.05, 0) is 23.8 Å². The number of fused-ring (bicyclic) bond motifs is 2. The van der Waals surface area contributed by atoms with Crippen molar-refractivity contribution in [3.05, 3.63) is 64.5 Å². The van der Waals surface area contributed by atoms with Gasteiger partial charge in [0.2, 0.25) is 0 Å². The fourth-order valence-corrected chi connectivity index (χ4v) is 3.37. The van der Waals surface area contributed by atoms with Crippen LogP contribution in [0.1, 0.15) is 22.3 Å². The summed E-state index contributed by atoms with van der Waals surface area (Å²) in [5.74, 6) is -0.183. The second-order valence-corrected chi connectivity index (χ2v) is 6.23. The van der Waals surface area contributed by atoms with Crippen LogP contribution in [0.3, 0.4) is 0 Å². The third-order valence-corrected chi connectivity index (χ3v) is 4.67. The highest BCUT2D eigenvalue weighted by Crippen LogP contribution is 2.42. The molecule has 2 aromatic rings. The molecule has 0 saturated carbocycles. The molecule has 0 aromatic heterocycles. The number of nitrogens with one attached hydrogen (secondary N) is 1. The summed E-state index contributed by atoms with van der Waals surface area (Å²) in [4.78, 5) is 12.4. The predicted molar refractivity (Wildman–Crippen MR) is 94.6 cm³/mol. The lowest BCUT2D eigenvalue weighted by Gasteiger charge is -2.13. The van der Waals surface area contributed by atoms with Gasteiger partial charge in [0.1, 0.15) is 18.2 Å². The number of hydrogen-bond donors (Lipinski definition) is 1. The fraction of sp³-hybridized carbons (Fsp3) is 0.250. The van der Waals surface area contributed by atoms with E-state index >= 15 is 0 Å². The molecule has 0 fully saturated rings. The third kappa shape index (κ3) is 2.77. The summed E-state index contributed by atoms with van der Waals surface area (Å²) in [5, 5.41) is 2.76. The molecule has 0 atom stereocenters. The van der Waals surface area contributed by atoms with Crippen molar-refractivity contribution in [3.63, 3.8) is 0 Å². The van der Waals surface area contributed by atoms with Gasteiger partial charge in [0.15, 0.2) is 6.29 Å². The highest BCUT2D eigenvalue weighted by molar-refractivity contribution is 6.36. The first-order chi connectivity index (χ1) is 12.6. The van der Waals surface area contributed by atoms with Gasteiger partial charge in [0, 0.05) is 43.0 Å². The molecule has 2 aliphatic heterocycles. The molecule has 134 valence electrons. The first-order valence-corrected chi connectivity index (χ1v) is 8.27. The van der Waals surface area contributed by atoms with Gasteiger partial charge in [-0.15, -0.1) is 0 Å². The van der Waals surface area contributed by atoms with Crippen LogP contribution < -0.4 is 5.32 Å². The highest BCUT2D eigenvalue weighted by Gasteiger charge is 2.32. The largest absolute Gasteiger partial charge is 0.487 e. The van der Waals surface area contributed by atoms with Crippen molar-refractivity contribution in [2.75, 3.05) is 19.5 Å². The summed E-state index contributed by atoms with van der Waals surface area (Å²) >= 11 is 0. The van der Waals surface area contributed by atoms with E-state index in [2.05, 4.69) is 5.32 Å². The molecule has 1 amide bonds. The Bertz CT molecular complexity index is 918. The van der Waals surface area contributed by atoms with Crippen LogP contribution in [0.4, 0.5) is 10.1 Å². The Kier molecular flexibility index (Phi) is 4.22. The minimum atomic E-state index is -0.392.